The Hall–Kier alpha value is -0.520. The zero-order valence-corrected chi connectivity index (χ0v) is 10.8. The topological polar surface area (TPSA) is 47.0 Å². The average molecular weight is 253 g/mol. The number of aromatic nitrogens is 2. The van der Waals surface area contributed by atoms with Crippen LogP contribution in [0.3, 0.4) is 0 Å². The first-order valence-corrected chi connectivity index (χ1v) is 7.37. The van der Waals surface area contributed by atoms with Crippen molar-refractivity contribution >= 4 is 11.3 Å². The molecule has 1 atom stereocenters. The van der Waals surface area contributed by atoms with Crippen LogP contribution >= 0.6 is 11.3 Å². The summed E-state index contributed by atoms with van der Waals surface area (Å²) in [5.74, 6) is 0.492. The molecule has 1 aliphatic heterocycles. The standard InChI is InChI=1S/C12H19N3OS/c1-2-9(8-16-7-1)12-15-14-11(17-12)5-6-13-10-3-4-10/h9-10,13H,1-8H2. The quantitative estimate of drug-likeness (QED) is 0.868. The highest BCUT2D eigenvalue weighted by atomic mass is 32.1. The number of nitrogens with one attached hydrogen (secondary N) is 1. The first-order chi connectivity index (χ1) is 8.42. The third-order valence-electron chi connectivity index (χ3n) is 3.34. The van der Waals surface area contributed by atoms with Gasteiger partial charge < -0.3 is 10.1 Å². The average Bonchev–Trinajstić information content (AvgIpc) is 3.07. The summed E-state index contributed by atoms with van der Waals surface area (Å²) < 4.78 is 5.49. The molecular formula is C12H19N3OS. The van der Waals surface area contributed by atoms with Gasteiger partial charge in [-0.05, 0) is 25.7 Å². The van der Waals surface area contributed by atoms with Crippen molar-refractivity contribution in [3.8, 4) is 0 Å². The largest absolute Gasteiger partial charge is 0.381 e. The molecule has 2 aliphatic rings. The van der Waals surface area contributed by atoms with Gasteiger partial charge in [0, 0.05) is 31.5 Å². The van der Waals surface area contributed by atoms with Crippen molar-refractivity contribution in [2.75, 3.05) is 19.8 Å². The molecule has 4 nitrogen and oxygen atoms in total. The lowest BCUT2D eigenvalue weighted by atomic mass is 10.0. The lowest BCUT2D eigenvalue weighted by Crippen LogP contribution is -2.19. The van der Waals surface area contributed by atoms with Crippen LogP contribution in [0, 0.1) is 0 Å². The summed E-state index contributed by atoms with van der Waals surface area (Å²) in [6, 6.07) is 0.786. The second kappa shape index (κ2) is 5.42. The Bertz CT molecular complexity index is 358. The van der Waals surface area contributed by atoms with Crippen LogP contribution in [0.1, 0.15) is 41.6 Å². The van der Waals surface area contributed by atoms with E-state index in [4.69, 9.17) is 4.74 Å². The second-order valence-electron chi connectivity index (χ2n) is 4.93. The van der Waals surface area contributed by atoms with Crippen LogP contribution in [-0.2, 0) is 11.2 Å². The van der Waals surface area contributed by atoms with E-state index in [1.54, 1.807) is 11.3 Å². The molecule has 0 radical (unpaired) electrons. The Morgan fingerprint density at radius 2 is 2.24 bits per heavy atom. The highest BCUT2D eigenvalue weighted by Crippen LogP contribution is 2.27. The summed E-state index contributed by atoms with van der Waals surface area (Å²) in [5.41, 5.74) is 0. The Morgan fingerprint density at radius 3 is 3.00 bits per heavy atom. The van der Waals surface area contributed by atoms with Crippen LogP contribution in [0.5, 0.6) is 0 Å². The van der Waals surface area contributed by atoms with Crippen molar-refractivity contribution in [3.63, 3.8) is 0 Å². The molecule has 1 saturated heterocycles. The van der Waals surface area contributed by atoms with Crippen molar-refractivity contribution in [2.24, 2.45) is 0 Å². The van der Waals surface area contributed by atoms with Crippen LogP contribution in [0.4, 0.5) is 0 Å². The van der Waals surface area contributed by atoms with E-state index in [2.05, 4.69) is 15.5 Å². The Labute approximate surface area is 106 Å². The summed E-state index contributed by atoms with van der Waals surface area (Å²) in [7, 11) is 0. The van der Waals surface area contributed by atoms with Gasteiger partial charge in [-0.1, -0.05) is 0 Å². The van der Waals surface area contributed by atoms with E-state index < -0.39 is 0 Å². The smallest absolute Gasteiger partial charge is 0.122 e. The second-order valence-corrected chi connectivity index (χ2v) is 6.02. The Balaban J connectivity index is 1.49. The number of ether oxygens (including phenoxy) is 1. The first-order valence-electron chi connectivity index (χ1n) is 6.55. The first kappa shape index (κ1) is 11.6. The molecule has 94 valence electrons. The van der Waals surface area contributed by atoms with Crippen molar-refractivity contribution in [1.82, 2.24) is 15.5 Å². The molecule has 3 rings (SSSR count). The van der Waals surface area contributed by atoms with E-state index >= 15 is 0 Å². The van der Waals surface area contributed by atoms with Gasteiger partial charge in [0.15, 0.2) is 0 Å². The van der Waals surface area contributed by atoms with Crippen LogP contribution < -0.4 is 5.32 Å². The van der Waals surface area contributed by atoms with Crippen LogP contribution in [0.2, 0.25) is 0 Å². The maximum atomic E-state index is 5.49. The molecule has 0 amide bonds. The zero-order valence-electron chi connectivity index (χ0n) is 10.0. The van der Waals surface area contributed by atoms with Crippen molar-refractivity contribution in [2.45, 2.75) is 44.1 Å². The number of rotatable bonds is 5. The molecular weight excluding hydrogens is 234 g/mol. The van der Waals surface area contributed by atoms with Gasteiger partial charge in [-0.25, -0.2) is 0 Å². The summed E-state index contributed by atoms with van der Waals surface area (Å²) in [6.07, 6.45) is 6.07. The molecule has 17 heavy (non-hydrogen) atoms. The minimum absolute atomic E-state index is 0.492. The third kappa shape index (κ3) is 3.24. The summed E-state index contributed by atoms with van der Waals surface area (Å²) >= 11 is 1.77. The predicted octanol–water partition coefficient (Wildman–Crippen LogP) is 1.73. The maximum Gasteiger partial charge on any atom is 0.122 e. The summed E-state index contributed by atoms with van der Waals surface area (Å²) in [4.78, 5) is 0. The van der Waals surface area contributed by atoms with Crippen LogP contribution in [0.25, 0.3) is 0 Å². The summed E-state index contributed by atoms with van der Waals surface area (Å²) in [5, 5.41) is 14.4. The van der Waals surface area contributed by atoms with Crippen LogP contribution in [0.15, 0.2) is 0 Å². The highest BCUT2D eigenvalue weighted by molar-refractivity contribution is 7.11. The molecule has 2 fully saturated rings. The van der Waals surface area contributed by atoms with Gasteiger partial charge in [0.2, 0.25) is 0 Å². The lowest BCUT2D eigenvalue weighted by molar-refractivity contribution is 0.0802. The Morgan fingerprint density at radius 1 is 1.29 bits per heavy atom. The van der Waals surface area contributed by atoms with Gasteiger partial charge in [-0.3, -0.25) is 0 Å². The van der Waals surface area contributed by atoms with Crippen molar-refractivity contribution < 1.29 is 4.74 Å². The van der Waals surface area contributed by atoms with E-state index in [-0.39, 0.29) is 0 Å². The molecule has 1 unspecified atom stereocenters. The van der Waals surface area contributed by atoms with E-state index in [1.807, 2.05) is 0 Å². The predicted molar refractivity (Wildman–Crippen MR) is 67.4 cm³/mol. The number of nitrogens with zero attached hydrogens (tertiary/aromatic N) is 2. The highest BCUT2D eigenvalue weighted by Gasteiger charge is 2.21. The van der Waals surface area contributed by atoms with Gasteiger partial charge in [-0.15, -0.1) is 21.5 Å². The fourth-order valence-electron chi connectivity index (χ4n) is 2.14. The van der Waals surface area contributed by atoms with Crippen molar-refractivity contribution in [3.05, 3.63) is 10.0 Å². The van der Waals surface area contributed by atoms with E-state index in [0.29, 0.717) is 5.92 Å². The minimum Gasteiger partial charge on any atom is -0.381 e. The molecule has 1 saturated carbocycles. The third-order valence-corrected chi connectivity index (χ3v) is 4.49. The van der Waals surface area contributed by atoms with E-state index in [1.165, 1.54) is 29.3 Å². The van der Waals surface area contributed by atoms with Gasteiger partial charge in [-0.2, -0.15) is 0 Å². The van der Waals surface area contributed by atoms with E-state index in [9.17, 15) is 0 Å². The van der Waals surface area contributed by atoms with E-state index in [0.717, 1.165) is 38.6 Å². The fourth-order valence-corrected chi connectivity index (χ4v) is 3.10. The molecule has 0 aromatic carbocycles. The lowest BCUT2D eigenvalue weighted by Gasteiger charge is -2.19. The molecule has 0 spiro atoms. The zero-order chi connectivity index (χ0) is 11.5. The maximum absolute atomic E-state index is 5.49. The van der Waals surface area contributed by atoms with Crippen molar-refractivity contribution in [1.29, 1.82) is 0 Å². The molecule has 1 aliphatic carbocycles. The van der Waals surface area contributed by atoms with Gasteiger partial charge in [0.05, 0.1) is 6.61 Å². The molecule has 1 aromatic heterocycles. The number of hydrogen-bond acceptors (Lipinski definition) is 5. The summed E-state index contributed by atoms with van der Waals surface area (Å²) in [6.45, 7) is 2.78. The van der Waals surface area contributed by atoms with Gasteiger partial charge in [0.25, 0.3) is 0 Å². The molecule has 0 bridgehead atoms. The SMILES string of the molecule is C1COCC(c2nnc(CCNC3CC3)s2)C1. The fraction of sp³-hybridized carbons (Fsp3) is 0.833. The minimum atomic E-state index is 0.492. The van der Waals surface area contributed by atoms with Crippen LogP contribution in [-0.4, -0.2) is 36.0 Å². The monoisotopic (exact) mass is 253 g/mol. The number of hydrogen-bond donors (Lipinski definition) is 1. The van der Waals surface area contributed by atoms with Gasteiger partial charge >= 0.3 is 0 Å². The molecule has 5 heteroatoms. The normalized spacial score (nSPS) is 25.1. The molecule has 1 N–H and O–H groups in total. The Kier molecular flexibility index (Phi) is 3.68. The molecule has 1 aromatic rings. The van der Waals surface area contributed by atoms with Gasteiger partial charge in [0.1, 0.15) is 10.0 Å². The molecule has 2 heterocycles.